The highest BCUT2D eigenvalue weighted by Gasteiger charge is 2.56. The minimum atomic E-state index is -0.766. The summed E-state index contributed by atoms with van der Waals surface area (Å²) in [6.07, 6.45) is -0.644. The van der Waals surface area contributed by atoms with Crippen LogP contribution in [-0.2, 0) is 14.2 Å². The highest BCUT2D eigenvalue weighted by molar-refractivity contribution is 5.88. The average molecular weight is 284 g/mol. The Kier molecular flexibility index (Phi) is 3.01. The zero-order valence-corrected chi connectivity index (χ0v) is 11.1. The van der Waals surface area contributed by atoms with Gasteiger partial charge in [0.25, 0.3) is 5.91 Å². The number of nitrogens with zero attached hydrogens (tertiary/aromatic N) is 3. The van der Waals surface area contributed by atoms with Crippen molar-refractivity contribution in [3.63, 3.8) is 0 Å². The van der Waals surface area contributed by atoms with Crippen LogP contribution in [0.5, 0.6) is 0 Å². The molecular formula is C11H16N4O5. The second-order valence-corrected chi connectivity index (χ2v) is 5.22. The fourth-order valence-electron chi connectivity index (χ4n) is 2.53. The van der Waals surface area contributed by atoms with Gasteiger partial charge in [0, 0.05) is 0 Å². The molecule has 2 fully saturated rings. The highest BCUT2D eigenvalue weighted by Crippen LogP contribution is 2.42. The van der Waals surface area contributed by atoms with Gasteiger partial charge in [-0.2, -0.15) is 0 Å². The number of amides is 1. The van der Waals surface area contributed by atoms with Crippen molar-refractivity contribution in [2.24, 2.45) is 5.73 Å². The average Bonchev–Trinajstić information content (AvgIpc) is 3.01. The van der Waals surface area contributed by atoms with Crippen LogP contribution in [0, 0.1) is 0 Å². The summed E-state index contributed by atoms with van der Waals surface area (Å²) in [6.45, 7) is 3.37. The molecule has 9 heteroatoms. The first kappa shape index (κ1) is 13.4. The number of hydrogen-bond acceptors (Lipinski definition) is 7. The molecule has 3 N–H and O–H groups in total. The lowest BCUT2D eigenvalue weighted by Gasteiger charge is -2.23. The molecule has 0 aliphatic carbocycles. The summed E-state index contributed by atoms with van der Waals surface area (Å²) in [5.41, 5.74) is 5.12. The first-order valence-corrected chi connectivity index (χ1v) is 6.24. The Bertz CT molecular complexity index is 531. The monoisotopic (exact) mass is 284 g/mol. The van der Waals surface area contributed by atoms with E-state index in [1.165, 1.54) is 11.0 Å². The SMILES string of the molecule is CC1(C)O[C@@H]2[C@H](O1)C(CO)O[C@H]2n1cnc(C(N)=O)n1. The number of aromatic nitrogens is 3. The summed E-state index contributed by atoms with van der Waals surface area (Å²) in [4.78, 5) is 14.8. The lowest BCUT2D eigenvalue weighted by atomic mass is 10.1. The minimum Gasteiger partial charge on any atom is -0.394 e. The molecule has 0 saturated carbocycles. The fraction of sp³-hybridized carbons (Fsp3) is 0.727. The zero-order chi connectivity index (χ0) is 14.5. The number of aliphatic hydroxyl groups is 1. The molecule has 0 radical (unpaired) electrons. The van der Waals surface area contributed by atoms with E-state index in [4.69, 9.17) is 19.9 Å². The summed E-state index contributed by atoms with van der Waals surface area (Å²) in [5, 5.41) is 13.3. The first-order chi connectivity index (χ1) is 9.41. The van der Waals surface area contributed by atoms with Crippen molar-refractivity contribution in [3.8, 4) is 0 Å². The first-order valence-electron chi connectivity index (χ1n) is 6.24. The van der Waals surface area contributed by atoms with Crippen molar-refractivity contribution in [2.75, 3.05) is 6.61 Å². The van der Waals surface area contributed by atoms with E-state index in [1.807, 2.05) is 0 Å². The molecule has 3 heterocycles. The van der Waals surface area contributed by atoms with Crippen LogP contribution >= 0.6 is 0 Å². The Morgan fingerprint density at radius 2 is 2.20 bits per heavy atom. The molecule has 1 unspecified atom stereocenters. The quantitative estimate of drug-likeness (QED) is 0.713. The van der Waals surface area contributed by atoms with Crippen LogP contribution in [0.3, 0.4) is 0 Å². The Morgan fingerprint density at radius 3 is 2.80 bits per heavy atom. The number of ether oxygens (including phenoxy) is 3. The van der Waals surface area contributed by atoms with Crippen LogP contribution < -0.4 is 5.73 Å². The van der Waals surface area contributed by atoms with Gasteiger partial charge in [0.2, 0.25) is 5.82 Å². The standard InChI is InChI=1S/C11H16N4O5/c1-11(2)19-6-5(3-16)18-10(7(6)20-11)15-4-13-9(14-15)8(12)17/h4-7,10,16H,3H2,1-2H3,(H2,12,17)/t5?,6-,7-,10-/m1/s1. The van der Waals surface area contributed by atoms with Crippen molar-refractivity contribution < 1.29 is 24.1 Å². The number of primary amides is 1. The predicted octanol–water partition coefficient (Wildman–Crippen LogP) is -1.21. The second kappa shape index (κ2) is 4.48. The molecule has 1 amide bonds. The molecule has 2 aliphatic rings. The normalized spacial score (nSPS) is 35.1. The van der Waals surface area contributed by atoms with E-state index in [0.717, 1.165) is 0 Å². The molecule has 9 nitrogen and oxygen atoms in total. The van der Waals surface area contributed by atoms with Gasteiger partial charge in [-0.25, -0.2) is 9.67 Å². The van der Waals surface area contributed by atoms with E-state index in [-0.39, 0.29) is 12.4 Å². The maximum Gasteiger partial charge on any atom is 0.288 e. The number of rotatable bonds is 3. The Morgan fingerprint density at radius 1 is 1.50 bits per heavy atom. The molecule has 3 rings (SSSR count). The van der Waals surface area contributed by atoms with Crippen molar-refractivity contribution in [2.45, 2.75) is 44.2 Å². The maximum atomic E-state index is 11.0. The Hall–Kier alpha value is -1.55. The summed E-state index contributed by atoms with van der Waals surface area (Å²) >= 11 is 0. The van der Waals surface area contributed by atoms with Crippen molar-refractivity contribution in [3.05, 3.63) is 12.2 Å². The number of carbonyl (C=O) groups excluding carboxylic acids is 1. The third-order valence-corrected chi connectivity index (χ3v) is 3.29. The van der Waals surface area contributed by atoms with E-state index in [1.54, 1.807) is 13.8 Å². The van der Waals surface area contributed by atoms with Crippen molar-refractivity contribution in [1.29, 1.82) is 0 Å². The fourth-order valence-corrected chi connectivity index (χ4v) is 2.53. The lowest BCUT2D eigenvalue weighted by Crippen LogP contribution is -2.31. The third kappa shape index (κ3) is 2.08. The van der Waals surface area contributed by atoms with Gasteiger partial charge in [-0.05, 0) is 13.8 Å². The Balaban J connectivity index is 1.87. The maximum absolute atomic E-state index is 11.0. The minimum absolute atomic E-state index is 0.101. The second-order valence-electron chi connectivity index (χ2n) is 5.22. The van der Waals surface area contributed by atoms with Gasteiger partial charge in [0.15, 0.2) is 12.0 Å². The van der Waals surface area contributed by atoms with Crippen LogP contribution in [0.1, 0.15) is 30.7 Å². The topological polar surface area (TPSA) is 122 Å². The summed E-state index contributed by atoms with van der Waals surface area (Å²) < 4.78 is 18.5. The molecular weight excluding hydrogens is 268 g/mol. The van der Waals surface area contributed by atoms with E-state index in [0.29, 0.717) is 0 Å². The molecule has 1 aromatic heterocycles. The van der Waals surface area contributed by atoms with Crippen LogP contribution in [0.15, 0.2) is 6.33 Å². The van der Waals surface area contributed by atoms with Crippen molar-refractivity contribution >= 4 is 5.91 Å². The number of carbonyl (C=O) groups is 1. The largest absolute Gasteiger partial charge is 0.394 e. The van der Waals surface area contributed by atoms with E-state index in [9.17, 15) is 9.90 Å². The molecule has 1 aromatic rings. The molecule has 2 saturated heterocycles. The van der Waals surface area contributed by atoms with Crippen LogP contribution in [0.2, 0.25) is 0 Å². The summed E-state index contributed by atoms with van der Waals surface area (Å²) in [6, 6.07) is 0. The smallest absolute Gasteiger partial charge is 0.288 e. The van der Waals surface area contributed by atoms with Gasteiger partial charge in [0.1, 0.15) is 24.6 Å². The predicted molar refractivity (Wildman–Crippen MR) is 63.4 cm³/mol. The van der Waals surface area contributed by atoms with Gasteiger partial charge >= 0.3 is 0 Å². The number of hydrogen-bond donors (Lipinski definition) is 2. The van der Waals surface area contributed by atoms with Gasteiger partial charge in [0.05, 0.1) is 6.61 Å². The molecule has 110 valence electrons. The highest BCUT2D eigenvalue weighted by atomic mass is 16.8. The molecule has 2 aliphatic heterocycles. The zero-order valence-electron chi connectivity index (χ0n) is 11.1. The Labute approximate surface area is 114 Å². The number of fused-ring (bicyclic) bond motifs is 1. The van der Waals surface area contributed by atoms with Gasteiger partial charge < -0.3 is 25.1 Å². The third-order valence-electron chi connectivity index (χ3n) is 3.29. The van der Waals surface area contributed by atoms with Crippen LogP contribution in [0.4, 0.5) is 0 Å². The lowest BCUT2D eigenvalue weighted by molar-refractivity contribution is -0.201. The summed E-state index contributed by atoms with van der Waals surface area (Å²) in [5.74, 6) is -1.59. The van der Waals surface area contributed by atoms with Crippen LogP contribution in [0.25, 0.3) is 0 Å². The number of nitrogens with two attached hydrogens (primary N) is 1. The van der Waals surface area contributed by atoms with Gasteiger partial charge in [-0.15, -0.1) is 5.10 Å². The molecule has 20 heavy (non-hydrogen) atoms. The van der Waals surface area contributed by atoms with Crippen molar-refractivity contribution in [1.82, 2.24) is 14.8 Å². The van der Waals surface area contributed by atoms with Gasteiger partial charge in [-0.3, -0.25) is 4.79 Å². The molecule has 0 aromatic carbocycles. The summed E-state index contributed by atoms with van der Waals surface area (Å²) in [7, 11) is 0. The van der Waals surface area contributed by atoms with Gasteiger partial charge in [-0.1, -0.05) is 0 Å². The van der Waals surface area contributed by atoms with Crippen LogP contribution in [-0.4, -0.2) is 56.5 Å². The molecule has 0 bridgehead atoms. The molecule has 4 atom stereocenters. The van der Waals surface area contributed by atoms with E-state index < -0.39 is 36.2 Å². The molecule has 0 spiro atoms. The van der Waals surface area contributed by atoms with E-state index in [2.05, 4.69) is 10.1 Å². The number of aliphatic hydroxyl groups excluding tert-OH is 1. The van der Waals surface area contributed by atoms with E-state index >= 15 is 0 Å².